The van der Waals surface area contributed by atoms with Crippen LogP contribution in [-0.2, 0) is 0 Å². The molecule has 0 aliphatic rings. The lowest BCUT2D eigenvalue weighted by Crippen LogP contribution is -2.23. The molecule has 1 aromatic heterocycles. The Morgan fingerprint density at radius 3 is 2.26 bits per heavy atom. The van der Waals surface area contributed by atoms with Crippen molar-refractivity contribution >= 4 is 0 Å². The van der Waals surface area contributed by atoms with Gasteiger partial charge in [0, 0.05) is 12.4 Å². The summed E-state index contributed by atoms with van der Waals surface area (Å²) in [6.07, 6.45) is 3.71. The summed E-state index contributed by atoms with van der Waals surface area (Å²) in [5.41, 5.74) is 6.66. The van der Waals surface area contributed by atoms with Crippen LogP contribution in [-0.4, -0.2) is 11.5 Å². The van der Waals surface area contributed by atoms with Crippen molar-refractivity contribution in [2.24, 2.45) is 0 Å². The lowest BCUT2D eigenvalue weighted by Gasteiger charge is -2.22. The van der Waals surface area contributed by atoms with Crippen LogP contribution in [0.15, 0.2) is 36.7 Å². The molecule has 2 nitrogen and oxygen atoms in total. The molecular formula is C17H22N2. The first-order chi connectivity index (χ1) is 9.13. The first-order valence-corrected chi connectivity index (χ1v) is 6.84. The zero-order valence-corrected chi connectivity index (χ0v) is 12.2. The number of hydrogen-bond acceptors (Lipinski definition) is 2. The van der Waals surface area contributed by atoms with Gasteiger partial charge in [0.05, 0.1) is 6.04 Å². The van der Waals surface area contributed by atoms with Crippen molar-refractivity contribution in [1.82, 2.24) is 10.3 Å². The van der Waals surface area contributed by atoms with E-state index in [9.17, 15) is 0 Å². The number of aromatic nitrogens is 1. The van der Waals surface area contributed by atoms with Gasteiger partial charge in [-0.25, -0.2) is 0 Å². The van der Waals surface area contributed by atoms with E-state index in [4.69, 9.17) is 0 Å². The van der Waals surface area contributed by atoms with Crippen molar-refractivity contribution in [1.29, 1.82) is 0 Å². The molecular weight excluding hydrogens is 232 g/mol. The molecule has 0 aliphatic heterocycles. The van der Waals surface area contributed by atoms with Gasteiger partial charge in [-0.3, -0.25) is 4.98 Å². The highest BCUT2D eigenvalue weighted by molar-refractivity contribution is 5.42. The predicted molar refractivity (Wildman–Crippen MR) is 80.4 cm³/mol. The Morgan fingerprint density at radius 2 is 1.63 bits per heavy atom. The van der Waals surface area contributed by atoms with E-state index in [0.29, 0.717) is 0 Å². The van der Waals surface area contributed by atoms with Gasteiger partial charge in [0.15, 0.2) is 0 Å². The first-order valence-electron chi connectivity index (χ1n) is 6.84. The summed E-state index contributed by atoms with van der Waals surface area (Å²) in [5.74, 6) is 0. The summed E-state index contributed by atoms with van der Waals surface area (Å²) in [6, 6.07) is 8.99. The molecule has 0 radical (unpaired) electrons. The van der Waals surface area contributed by atoms with Crippen molar-refractivity contribution < 1.29 is 0 Å². The van der Waals surface area contributed by atoms with Crippen molar-refractivity contribution in [2.45, 2.75) is 33.7 Å². The highest BCUT2D eigenvalue weighted by atomic mass is 14.9. The van der Waals surface area contributed by atoms with Crippen molar-refractivity contribution in [2.75, 3.05) is 6.54 Å². The van der Waals surface area contributed by atoms with Gasteiger partial charge in [-0.2, -0.15) is 0 Å². The highest BCUT2D eigenvalue weighted by Crippen LogP contribution is 2.26. The summed E-state index contributed by atoms with van der Waals surface area (Å²) in [7, 11) is 0. The molecule has 1 unspecified atom stereocenters. The van der Waals surface area contributed by atoms with Crippen LogP contribution in [0.2, 0.25) is 0 Å². The van der Waals surface area contributed by atoms with E-state index in [1.807, 2.05) is 12.4 Å². The predicted octanol–water partition coefficient (Wildman–Crippen LogP) is 3.71. The monoisotopic (exact) mass is 254 g/mol. The molecule has 0 bridgehead atoms. The normalized spacial score (nSPS) is 12.4. The van der Waals surface area contributed by atoms with E-state index < -0.39 is 0 Å². The van der Waals surface area contributed by atoms with E-state index >= 15 is 0 Å². The SMILES string of the molecule is CCNC(c1ccncc1)c1cc(C)c(C)cc1C. The molecule has 2 aromatic rings. The minimum atomic E-state index is 0.243. The molecule has 0 spiro atoms. The van der Waals surface area contributed by atoms with Gasteiger partial charge in [0.25, 0.3) is 0 Å². The topological polar surface area (TPSA) is 24.9 Å². The van der Waals surface area contributed by atoms with Crippen LogP contribution in [0.1, 0.15) is 40.8 Å². The molecule has 100 valence electrons. The quantitative estimate of drug-likeness (QED) is 0.899. The fourth-order valence-corrected chi connectivity index (χ4v) is 2.46. The number of nitrogens with zero attached hydrogens (tertiary/aromatic N) is 1. The van der Waals surface area contributed by atoms with Crippen LogP contribution in [0.5, 0.6) is 0 Å². The minimum absolute atomic E-state index is 0.243. The summed E-state index contributed by atoms with van der Waals surface area (Å²) in [6.45, 7) is 9.62. The number of aryl methyl sites for hydroxylation is 3. The van der Waals surface area contributed by atoms with Gasteiger partial charge in [-0.1, -0.05) is 19.1 Å². The van der Waals surface area contributed by atoms with Crippen LogP contribution in [0.4, 0.5) is 0 Å². The zero-order chi connectivity index (χ0) is 13.8. The minimum Gasteiger partial charge on any atom is -0.307 e. The standard InChI is InChI=1S/C17H22N2/c1-5-19-17(15-6-8-18-9-7-15)16-11-13(3)12(2)10-14(16)4/h6-11,17,19H,5H2,1-4H3. The van der Waals surface area contributed by atoms with Crippen molar-refractivity contribution in [3.63, 3.8) is 0 Å². The fraction of sp³-hybridized carbons (Fsp3) is 0.353. The van der Waals surface area contributed by atoms with Crippen molar-refractivity contribution in [3.8, 4) is 0 Å². The van der Waals surface area contributed by atoms with Gasteiger partial charge in [-0.15, -0.1) is 0 Å². The summed E-state index contributed by atoms with van der Waals surface area (Å²) in [4.78, 5) is 4.11. The second-order valence-corrected chi connectivity index (χ2v) is 5.06. The van der Waals surface area contributed by atoms with E-state index in [-0.39, 0.29) is 6.04 Å². The second kappa shape index (κ2) is 5.98. The molecule has 2 heteroatoms. The number of hydrogen-bond donors (Lipinski definition) is 1. The Hall–Kier alpha value is -1.67. The average molecular weight is 254 g/mol. The van der Waals surface area contributed by atoms with Crippen LogP contribution in [0, 0.1) is 20.8 Å². The molecule has 0 saturated heterocycles. The molecule has 1 heterocycles. The van der Waals surface area contributed by atoms with Crippen LogP contribution in [0.3, 0.4) is 0 Å². The highest BCUT2D eigenvalue weighted by Gasteiger charge is 2.15. The second-order valence-electron chi connectivity index (χ2n) is 5.06. The first kappa shape index (κ1) is 13.8. The largest absolute Gasteiger partial charge is 0.307 e. The third kappa shape index (κ3) is 3.02. The average Bonchev–Trinajstić information content (AvgIpc) is 2.42. The molecule has 1 atom stereocenters. The third-order valence-electron chi connectivity index (χ3n) is 3.64. The zero-order valence-electron chi connectivity index (χ0n) is 12.2. The van der Waals surface area contributed by atoms with E-state index in [1.54, 1.807) is 0 Å². The molecule has 19 heavy (non-hydrogen) atoms. The summed E-state index contributed by atoms with van der Waals surface area (Å²) >= 11 is 0. The maximum absolute atomic E-state index is 4.11. The molecule has 0 fully saturated rings. The van der Waals surface area contributed by atoms with Gasteiger partial charge in [-0.05, 0) is 67.3 Å². The molecule has 2 rings (SSSR count). The van der Waals surface area contributed by atoms with E-state index in [1.165, 1.54) is 27.8 Å². The lowest BCUT2D eigenvalue weighted by molar-refractivity contribution is 0.626. The van der Waals surface area contributed by atoms with Gasteiger partial charge >= 0.3 is 0 Å². The van der Waals surface area contributed by atoms with E-state index in [0.717, 1.165) is 6.54 Å². The maximum Gasteiger partial charge on any atom is 0.0580 e. The van der Waals surface area contributed by atoms with Gasteiger partial charge in [0.2, 0.25) is 0 Å². The Kier molecular flexibility index (Phi) is 4.33. The Morgan fingerprint density at radius 1 is 1.00 bits per heavy atom. The summed E-state index contributed by atoms with van der Waals surface area (Å²) in [5, 5.41) is 3.57. The smallest absolute Gasteiger partial charge is 0.0580 e. The molecule has 0 amide bonds. The maximum atomic E-state index is 4.11. The van der Waals surface area contributed by atoms with Gasteiger partial charge in [0.1, 0.15) is 0 Å². The van der Waals surface area contributed by atoms with Crippen LogP contribution >= 0.6 is 0 Å². The lowest BCUT2D eigenvalue weighted by atomic mass is 9.92. The third-order valence-corrected chi connectivity index (χ3v) is 3.64. The Labute approximate surface area is 115 Å². The van der Waals surface area contributed by atoms with Gasteiger partial charge < -0.3 is 5.32 Å². The Balaban J connectivity index is 2.48. The number of rotatable bonds is 4. The van der Waals surface area contributed by atoms with E-state index in [2.05, 4.69) is 62.3 Å². The number of nitrogens with one attached hydrogen (secondary N) is 1. The molecule has 1 N–H and O–H groups in total. The number of pyridine rings is 1. The van der Waals surface area contributed by atoms with Crippen molar-refractivity contribution in [3.05, 3.63) is 64.5 Å². The molecule has 0 aliphatic carbocycles. The van der Waals surface area contributed by atoms with Crippen LogP contribution < -0.4 is 5.32 Å². The molecule has 1 aromatic carbocycles. The number of benzene rings is 1. The Bertz CT molecular complexity index is 547. The fourth-order valence-electron chi connectivity index (χ4n) is 2.46. The van der Waals surface area contributed by atoms with Crippen LogP contribution in [0.25, 0.3) is 0 Å². The molecule has 0 saturated carbocycles. The summed E-state index contributed by atoms with van der Waals surface area (Å²) < 4.78 is 0.